The first-order valence-corrected chi connectivity index (χ1v) is 13.9. The van der Waals surface area contributed by atoms with Gasteiger partial charge in [0.2, 0.25) is 5.91 Å². The molecule has 3 aliphatic heterocycles. The van der Waals surface area contributed by atoms with Crippen LogP contribution in [-0.4, -0.2) is 52.9 Å². The lowest BCUT2D eigenvalue weighted by Crippen LogP contribution is -2.62. The van der Waals surface area contributed by atoms with Crippen LogP contribution in [0.1, 0.15) is 25.7 Å². The zero-order chi connectivity index (χ0) is 26.2. The fraction of sp³-hybridized carbons (Fsp3) is 0.357. The van der Waals surface area contributed by atoms with Crippen molar-refractivity contribution in [1.82, 2.24) is 26.3 Å². The van der Waals surface area contributed by atoms with Gasteiger partial charge in [0.15, 0.2) is 0 Å². The smallest absolute Gasteiger partial charge is 0.326 e. The van der Waals surface area contributed by atoms with E-state index >= 15 is 0 Å². The molecule has 3 unspecified atom stereocenters. The van der Waals surface area contributed by atoms with Crippen molar-refractivity contribution in [3.63, 3.8) is 0 Å². The monoisotopic (exact) mass is 530 g/mol. The van der Waals surface area contributed by atoms with Gasteiger partial charge in [0.1, 0.15) is 0 Å². The summed E-state index contributed by atoms with van der Waals surface area (Å²) in [7, 11) is 0. The molecule has 2 saturated heterocycles. The van der Waals surface area contributed by atoms with Crippen molar-refractivity contribution in [3.8, 4) is 11.3 Å². The van der Waals surface area contributed by atoms with Gasteiger partial charge in [-0.2, -0.15) is 0 Å². The first kappa shape index (κ1) is 24.7. The van der Waals surface area contributed by atoms with E-state index in [1.54, 1.807) is 6.20 Å². The van der Waals surface area contributed by atoms with E-state index < -0.39 is 0 Å². The number of carbonyl (C=O) groups excluding carboxylic acids is 3. The van der Waals surface area contributed by atoms with E-state index in [-0.39, 0.29) is 47.3 Å². The Hall–Kier alpha value is -3.63. The van der Waals surface area contributed by atoms with Gasteiger partial charge >= 0.3 is 6.03 Å². The molecular formula is C28H30N6O3S. The van der Waals surface area contributed by atoms with Gasteiger partial charge in [0, 0.05) is 41.1 Å². The quantitative estimate of drug-likeness (QED) is 0.427. The number of aromatic nitrogens is 1. The highest BCUT2D eigenvalue weighted by molar-refractivity contribution is 8.04. The second-order valence-corrected chi connectivity index (χ2v) is 11.2. The maximum atomic E-state index is 13.5. The normalized spacial score (nSPS) is 27.9. The second-order valence-electron chi connectivity index (χ2n) is 10.0. The van der Waals surface area contributed by atoms with Crippen LogP contribution in [0.25, 0.3) is 11.3 Å². The molecule has 1 saturated carbocycles. The Kier molecular flexibility index (Phi) is 6.67. The highest BCUT2D eigenvalue weighted by Gasteiger charge is 2.52. The van der Waals surface area contributed by atoms with E-state index in [1.165, 1.54) is 17.8 Å². The predicted molar refractivity (Wildman–Crippen MR) is 147 cm³/mol. The third-order valence-corrected chi connectivity index (χ3v) is 9.14. The van der Waals surface area contributed by atoms with Gasteiger partial charge in [0.05, 0.1) is 22.0 Å². The molecule has 0 radical (unpaired) electrons. The number of hydrogen-bond donors (Lipinski definition) is 4. The van der Waals surface area contributed by atoms with Crippen LogP contribution in [0.3, 0.4) is 0 Å². The van der Waals surface area contributed by atoms with E-state index in [9.17, 15) is 14.4 Å². The van der Waals surface area contributed by atoms with E-state index in [0.717, 1.165) is 49.2 Å². The number of rotatable bonds is 6. The van der Waals surface area contributed by atoms with Crippen molar-refractivity contribution >= 4 is 35.3 Å². The van der Waals surface area contributed by atoms with Crippen LogP contribution >= 0.6 is 11.8 Å². The van der Waals surface area contributed by atoms with Crippen LogP contribution in [0.2, 0.25) is 0 Å². The first-order valence-electron chi connectivity index (χ1n) is 13.0. The third-order valence-electron chi connectivity index (χ3n) is 7.78. The third kappa shape index (κ3) is 4.48. The second kappa shape index (κ2) is 10.3. The maximum Gasteiger partial charge on any atom is 0.326 e. The molecule has 1 aromatic carbocycles. The minimum atomic E-state index is -0.239. The Labute approximate surface area is 225 Å². The van der Waals surface area contributed by atoms with E-state index in [2.05, 4.69) is 32.8 Å². The van der Waals surface area contributed by atoms with Crippen molar-refractivity contribution in [2.45, 2.75) is 49.2 Å². The molecule has 38 heavy (non-hydrogen) atoms. The van der Waals surface area contributed by atoms with Crippen LogP contribution in [0.15, 0.2) is 71.9 Å². The van der Waals surface area contributed by atoms with Crippen molar-refractivity contribution in [2.24, 2.45) is 5.92 Å². The molecule has 4 heterocycles. The number of urea groups is 1. The molecule has 3 fully saturated rings. The van der Waals surface area contributed by atoms with Crippen molar-refractivity contribution in [1.29, 1.82) is 0 Å². The molecule has 4 N–H and O–H groups in total. The first-order chi connectivity index (χ1) is 18.5. The molecule has 10 heteroatoms. The standard InChI is InChI=1S/C28H30N6O3S/c1-2-22(35)31-18-9-6-10-19(18)32-26(36)25-24-23-21(12-14-30-27(23)38-25)34(28(37)33-24)17-11-13-29-20(15-17)16-7-4-3-5-8-16/h2-5,7-8,11,13,15,18-19,21,23,27,30H,1,6,9-10,12,14H2,(H,31,35)(H,32,36)(H,33,37)/t18-,19-,21?,23?,27?/m1/s1. The number of nitrogens with zero attached hydrogens (tertiary/aromatic N) is 2. The molecule has 1 aliphatic carbocycles. The molecule has 4 amide bonds. The highest BCUT2D eigenvalue weighted by atomic mass is 32.2. The van der Waals surface area contributed by atoms with Gasteiger partial charge in [0.25, 0.3) is 5.91 Å². The lowest BCUT2D eigenvalue weighted by molar-refractivity contribution is -0.119. The number of anilines is 1. The average molecular weight is 531 g/mol. The van der Waals surface area contributed by atoms with Gasteiger partial charge < -0.3 is 21.3 Å². The summed E-state index contributed by atoms with van der Waals surface area (Å²) in [5, 5.41) is 12.6. The highest BCUT2D eigenvalue weighted by Crippen LogP contribution is 2.48. The van der Waals surface area contributed by atoms with Crippen molar-refractivity contribution in [3.05, 3.63) is 71.9 Å². The minimum Gasteiger partial charge on any atom is -0.348 e. The molecule has 5 atom stereocenters. The number of benzene rings is 1. The van der Waals surface area contributed by atoms with Crippen molar-refractivity contribution < 1.29 is 14.4 Å². The fourth-order valence-electron chi connectivity index (χ4n) is 6.04. The van der Waals surface area contributed by atoms with Crippen LogP contribution < -0.4 is 26.2 Å². The summed E-state index contributed by atoms with van der Waals surface area (Å²) in [6, 6.07) is 13.1. The van der Waals surface area contributed by atoms with Gasteiger partial charge in [-0.25, -0.2) is 4.79 Å². The van der Waals surface area contributed by atoms with Crippen LogP contribution in [0, 0.1) is 5.92 Å². The van der Waals surface area contributed by atoms with Crippen LogP contribution in [0.4, 0.5) is 10.5 Å². The summed E-state index contributed by atoms with van der Waals surface area (Å²) in [5.74, 6) is -0.480. The minimum absolute atomic E-state index is 0.0112. The molecule has 0 spiro atoms. The number of nitrogens with one attached hydrogen (secondary N) is 4. The number of hydrogen-bond acceptors (Lipinski definition) is 6. The van der Waals surface area contributed by atoms with E-state index in [1.807, 2.05) is 47.4 Å². The number of carbonyl (C=O) groups is 3. The van der Waals surface area contributed by atoms with E-state index in [4.69, 9.17) is 0 Å². The van der Waals surface area contributed by atoms with Gasteiger partial charge in [-0.05, 0) is 50.4 Å². The van der Waals surface area contributed by atoms with Crippen LogP contribution in [-0.2, 0) is 9.59 Å². The summed E-state index contributed by atoms with van der Waals surface area (Å²) in [5.41, 5.74) is 3.27. The largest absolute Gasteiger partial charge is 0.348 e. The SMILES string of the molecule is C=CC(=O)N[C@@H]1CCC[C@H]1NC(=O)C1=C2NC(=O)N(c3ccnc(-c4ccccc4)c3)C3CCNC(S1)C23. The van der Waals surface area contributed by atoms with Crippen LogP contribution in [0.5, 0.6) is 0 Å². The Bertz CT molecular complexity index is 1310. The molecule has 6 rings (SSSR count). The molecule has 4 aliphatic rings. The summed E-state index contributed by atoms with van der Waals surface area (Å²) in [6.45, 7) is 4.27. The Morgan fingerprint density at radius 3 is 2.68 bits per heavy atom. The van der Waals surface area contributed by atoms with Gasteiger partial charge in [-0.1, -0.05) is 48.7 Å². The molecule has 0 bridgehead atoms. The van der Waals surface area contributed by atoms with Gasteiger partial charge in [-0.15, -0.1) is 0 Å². The number of pyridine rings is 1. The van der Waals surface area contributed by atoms with Gasteiger partial charge in [-0.3, -0.25) is 19.5 Å². The topological polar surface area (TPSA) is 115 Å². The molecule has 196 valence electrons. The summed E-state index contributed by atoms with van der Waals surface area (Å²) in [6.07, 6.45) is 6.28. The Morgan fingerprint density at radius 1 is 1.11 bits per heavy atom. The molecule has 2 aromatic rings. The summed E-state index contributed by atoms with van der Waals surface area (Å²) < 4.78 is 0. The molecular weight excluding hydrogens is 500 g/mol. The number of amides is 4. The zero-order valence-corrected chi connectivity index (χ0v) is 21.7. The maximum absolute atomic E-state index is 13.5. The number of piperidine rings is 1. The van der Waals surface area contributed by atoms with E-state index in [0.29, 0.717) is 10.6 Å². The lowest BCUT2D eigenvalue weighted by Gasteiger charge is -2.45. The summed E-state index contributed by atoms with van der Waals surface area (Å²) in [4.78, 5) is 45.8. The predicted octanol–water partition coefficient (Wildman–Crippen LogP) is 2.88. The lowest BCUT2D eigenvalue weighted by atomic mass is 9.86. The molecule has 1 aromatic heterocycles. The number of thioether (sulfide) groups is 1. The zero-order valence-electron chi connectivity index (χ0n) is 20.9. The fourth-order valence-corrected chi connectivity index (χ4v) is 7.44. The Morgan fingerprint density at radius 2 is 1.89 bits per heavy atom. The molecule has 9 nitrogen and oxygen atoms in total. The van der Waals surface area contributed by atoms with Crippen molar-refractivity contribution in [2.75, 3.05) is 11.4 Å². The average Bonchev–Trinajstić information content (AvgIpc) is 3.54. The Balaban J connectivity index is 1.26. The summed E-state index contributed by atoms with van der Waals surface area (Å²) >= 11 is 1.48.